The lowest BCUT2D eigenvalue weighted by molar-refractivity contribution is 0.599. The molecule has 0 bridgehead atoms. The molecule has 2 aromatic rings. The van der Waals surface area contributed by atoms with Gasteiger partial charge in [-0.15, -0.1) is 22.1 Å². The van der Waals surface area contributed by atoms with E-state index in [-0.39, 0.29) is 17.0 Å². The average Bonchev–Trinajstić information content (AvgIpc) is 2.63. The average molecular weight is 399 g/mol. The van der Waals surface area contributed by atoms with Gasteiger partial charge in [-0.3, -0.25) is 0 Å². The first-order valence-electron chi connectivity index (χ1n) is 8.42. The lowest BCUT2D eigenvalue weighted by atomic mass is 9.94. The van der Waals surface area contributed by atoms with E-state index in [0.29, 0.717) is 5.71 Å². The maximum atomic E-state index is 7.97. The van der Waals surface area contributed by atoms with Crippen LogP contribution in [-0.2, 0) is 6.54 Å². The van der Waals surface area contributed by atoms with Gasteiger partial charge < -0.3 is 9.98 Å². The first kappa shape index (κ1) is 19.1. The molecule has 0 amide bonds. The minimum absolute atomic E-state index is 0. The Morgan fingerprint density at radius 2 is 1.64 bits per heavy atom. The third-order valence-electron chi connectivity index (χ3n) is 4.07. The number of aryl methyl sites for hydroxylation is 1. The number of aromatic nitrogens is 1. The Labute approximate surface area is 158 Å². The second-order valence-electron chi connectivity index (χ2n) is 5.88. The van der Waals surface area contributed by atoms with Gasteiger partial charge in [0.25, 0.3) is 0 Å². The van der Waals surface area contributed by atoms with Gasteiger partial charge in [-0.2, -0.15) is 5.10 Å². The van der Waals surface area contributed by atoms with E-state index >= 15 is 0 Å². The van der Waals surface area contributed by atoms with Crippen LogP contribution in [0.1, 0.15) is 37.3 Å². The molecule has 0 spiro atoms. The molecule has 4 nitrogen and oxygen atoms in total. The number of pyridine rings is 1. The summed E-state index contributed by atoms with van der Waals surface area (Å²) >= 11 is 0. The number of halogens is 1. The van der Waals surface area contributed by atoms with Crippen molar-refractivity contribution in [3.8, 4) is 0 Å². The summed E-state index contributed by atoms with van der Waals surface area (Å²) in [7, 11) is 0. The smallest absolute Gasteiger partial charge is 0.0936 e. The molecule has 130 valence electrons. The van der Waals surface area contributed by atoms with E-state index in [0.717, 1.165) is 28.7 Å². The fraction of sp³-hybridized carbons (Fsp3) is 0.250. The van der Waals surface area contributed by atoms with Gasteiger partial charge in [-0.25, -0.2) is 0 Å². The molecule has 0 saturated carbocycles. The van der Waals surface area contributed by atoms with Gasteiger partial charge in [0.2, 0.25) is 0 Å². The van der Waals surface area contributed by atoms with Crippen molar-refractivity contribution >= 4 is 28.4 Å². The van der Waals surface area contributed by atoms with Crippen molar-refractivity contribution in [2.24, 2.45) is 10.2 Å². The summed E-state index contributed by atoms with van der Waals surface area (Å²) < 4.78 is 2.18. The molecule has 1 N–H and O–H groups in total. The molecule has 25 heavy (non-hydrogen) atoms. The molecule has 1 aromatic carbocycles. The first-order valence-corrected chi connectivity index (χ1v) is 8.42. The van der Waals surface area contributed by atoms with Crippen LogP contribution in [0.4, 0.5) is 0 Å². The number of allylic oxidation sites excluding steroid dienone is 2. The van der Waals surface area contributed by atoms with Crippen LogP contribution >= 0.6 is 17.0 Å². The molecule has 1 heterocycles. The van der Waals surface area contributed by atoms with Crippen molar-refractivity contribution in [1.29, 1.82) is 5.41 Å². The second kappa shape index (κ2) is 9.28. The largest absolute Gasteiger partial charge is 0.354 e. The molecule has 0 aliphatic heterocycles. The number of rotatable bonds is 5. The van der Waals surface area contributed by atoms with Crippen LogP contribution in [0.3, 0.4) is 0 Å². The van der Waals surface area contributed by atoms with Crippen LogP contribution < -0.4 is 5.36 Å². The quantitative estimate of drug-likeness (QED) is 0.569. The Morgan fingerprint density at radius 1 is 0.920 bits per heavy atom. The standard InChI is InChI=1S/C20H22N4.BrH/c1-2-3-6-13-24-14-11-16(12-15-24)22-23-20-10-9-19(21)17-7-4-5-8-18(17)20;/h4-5,7-12,14-15,21H,2-3,6,13H2,1H3;1H/b21-19?,23-20+;. The zero-order valence-electron chi connectivity index (χ0n) is 14.4. The topological polar surface area (TPSA) is 53.5 Å². The van der Waals surface area contributed by atoms with Crippen LogP contribution in [0.15, 0.2) is 71.1 Å². The highest BCUT2D eigenvalue weighted by molar-refractivity contribution is 8.93. The molecular formula is C20H23BrN4. The first-order chi connectivity index (χ1) is 11.8. The third-order valence-corrected chi connectivity index (χ3v) is 4.07. The van der Waals surface area contributed by atoms with Gasteiger partial charge in [-0.05, 0) is 30.7 Å². The zero-order chi connectivity index (χ0) is 16.8. The lowest BCUT2D eigenvalue weighted by Crippen LogP contribution is -2.12. The summed E-state index contributed by atoms with van der Waals surface area (Å²) in [5.41, 5.74) is 3.16. The molecule has 0 radical (unpaired) electrons. The Kier molecular flexibility index (Phi) is 7.07. The van der Waals surface area contributed by atoms with Gasteiger partial charge in [-0.1, -0.05) is 44.0 Å². The predicted octanol–water partition coefficient (Wildman–Crippen LogP) is 4.50. The normalized spacial score (nSPS) is 14.1. The molecule has 3 rings (SSSR count). The van der Waals surface area contributed by atoms with Gasteiger partial charge in [0.1, 0.15) is 0 Å². The second-order valence-corrected chi connectivity index (χ2v) is 5.88. The van der Waals surface area contributed by atoms with Crippen LogP contribution in [0.2, 0.25) is 0 Å². The van der Waals surface area contributed by atoms with E-state index in [1.165, 1.54) is 19.3 Å². The molecule has 0 saturated heterocycles. The van der Waals surface area contributed by atoms with Crippen molar-refractivity contribution in [2.75, 3.05) is 0 Å². The van der Waals surface area contributed by atoms with Crippen LogP contribution in [0.25, 0.3) is 0 Å². The molecule has 0 fully saturated rings. The zero-order valence-corrected chi connectivity index (χ0v) is 16.1. The van der Waals surface area contributed by atoms with Gasteiger partial charge in [0.05, 0.1) is 16.8 Å². The molecule has 1 aromatic heterocycles. The fourth-order valence-electron chi connectivity index (χ4n) is 2.69. The van der Waals surface area contributed by atoms with Crippen molar-refractivity contribution < 1.29 is 0 Å². The molecule has 0 atom stereocenters. The number of hydrogen-bond acceptors (Lipinski definition) is 3. The van der Waals surface area contributed by atoms with E-state index in [2.05, 4.69) is 34.1 Å². The minimum Gasteiger partial charge on any atom is -0.354 e. The van der Waals surface area contributed by atoms with E-state index in [9.17, 15) is 0 Å². The van der Waals surface area contributed by atoms with Crippen molar-refractivity contribution in [1.82, 2.24) is 4.57 Å². The minimum atomic E-state index is 0. The van der Waals surface area contributed by atoms with Crippen LogP contribution in [0.5, 0.6) is 0 Å². The Balaban J connectivity index is 0.00000225. The highest BCUT2D eigenvalue weighted by Gasteiger charge is 2.13. The highest BCUT2D eigenvalue weighted by atomic mass is 79.9. The van der Waals surface area contributed by atoms with E-state index in [4.69, 9.17) is 5.41 Å². The van der Waals surface area contributed by atoms with E-state index in [1.807, 2.05) is 42.5 Å². The maximum absolute atomic E-state index is 7.97. The highest BCUT2D eigenvalue weighted by Crippen LogP contribution is 2.16. The number of unbranched alkanes of at least 4 members (excludes halogenated alkanes) is 2. The SMILES string of the molecule is Br.CCCCCn1ccc(=N/N=C2\C=CC(=N)c3ccccc32)cc1. The number of nitrogens with one attached hydrogen (secondary N) is 1. The van der Waals surface area contributed by atoms with Gasteiger partial charge in [0, 0.05) is 30.1 Å². The van der Waals surface area contributed by atoms with E-state index in [1.54, 1.807) is 6.08 Å². The number of fused-ring (bicyclic) bond motifs is 1. The Hall–Kier alpha value is -2.27. The predicted molar refractivity (Wildman–Crippen MR) is 109 cm³/mol. The summed E-state index contributed by atoms with van der Waals surface area (Å²) in [6.07, 6.45) is 11.4. The number of benzene rings is 1. The van der Waals surface area contributed by atoms with Crippen LogP contribution in [0, 0.1) is 5.41 Å². The Bertz CT molecular complexity index is 841. The summed E-state index contributed by atoms with van der Waals surface area (Å²) in [5, 5.41) is 17.5. The molecule has 5 heteroatoms. The molecule has 1 aliphatic rings. The molecule has 0 unspecified atom stereocenters. The number of nitrogens with zero attached hydrogens (tertiary/aromatic N) is 3. The van der Waals surface area contributed by atoms with Crippen molar-refractivity contribution in [3.05, 3.63) is 77.4 Å². The lowest BCUT2D eigenvalue weighted by Gasteiger charge is -2.12. The summed E-state index contributed by atoms with van der Waals surface area (Å²) in [5.74, 6) is 0. The molecular weight excluding hydrogens is 376 g/mol. The van der Waals surface area contributed by atoms with Gasteiger partial charge in [0.15, 0.2) is 0 Å². The van der Waals surface area contributed by atoms with Crippen LogP contribution in [-0.4, -0.2) is 16.0 Å². The third kappa shape index (κ3) is 4.86. The van der Waals surface area contributed by atoms with Crippen molar-refractivity contribution in [2.45, 2.75) is 32.7 Å². The van der Waals surface area contributed by atoms with Gasteiger partial charge >= 0.3 is 0 Å². The van der Waals surface area contributed by atoms with E-state index < -0.39 is 0 Å². The Morgan fingerprint density at radius 3 is 2.36 bits per heavy atom. The summed E-state index contributed by atoms with van der Waals surface area (Å²) in [6, 6.07) is 11.8. The number of hydrogen-bond donors (Lipinski definition) is 1. The summed E-state index contributed by atoms with van der Waals surface area (Å²) in [6.45, 7) is 3.26. The fourth-order valence-corrected chi connectivity index (χ4v) is 2.69. The molecule has 1 aliphatic carbocycles. The summed E-state index contributed by atoms with van der Waals surface area (Å²) in [4.78, 5) is 0. The maximum Gasteiger partial charge on any atom is 0.0936 e. The van der Waals surface area contributed by atoms with Crippen molar-refractivity contribution in [3.63, 3.8) is 0 Å². The monoisotopic (exact) mass is 398 g/mol.